The van der Waals surface area contributed by atoms with E-state index in [9.17, 15) is 4.39 Å². The van der Waals surface area contributed by atoms with Gasteiger partial charge in [0.15, 0.2) is 0 Å². The fraction of sp³-hybridized carbons (Fsp3) is 0. The minimum absolute atomic E-state index is 0.323. The molecule has 0 amide bonds. The third-order valence-corrected chi connectivity index (χ3v) is 3.52. The lowest BCUT2D eigenvalue weighted by atomic mass is 10.1. The van der Waals surface area contributed by atoms with Crippen LogP contribution in [0.3, 0.4) is 0 Å². The van der Waals surface area contributed by atoms with Crippen molar-refractivity contribution in [1.82, 2.24) is 9.97 Å². The molecule has 2 aromatic carbocycles. The molecule has 0 aliphatic rings. The second-order valence-corrected chi connectivity index (χ2v) is 5.15. The molecular weight excluding hydrogens is 307 g/mol. The van der Waals surface area contributed by atoms with Crippen molar-refractivity contribution >= 4 is 23.2 Å². The number of para-hydroxylation sites is 2. The molecule has 0 atom stereocenters. The number of imidazole rings is 1. The van der Waals surface area contributed by atoms with Gasteiger partial charge in [-0.1, -0.05) is 24.3 Å². The monoisotopic (exact) mass is 320 g/mol. The molecule has 0 fully saturated rings. The average Bonchev–Trinajstić information content (AvgIpc) is 3.22. The van der Waals surface area contributed by atoms with E-state index in [0.717, 1.165) is 11.0 Å². The van der Waals surface area contributed by atoms with Crippen LogP contribution in [0.1, 0.15) is 5.76 Å². The fourth-order valence-corrected chi connectivity index (χ4v) is 2.39. The van der Waals surface area contributed by atoms with Gasteiger partial charge >= 0.3 is 0 Å². The second-order valence-electron chi connectivity index (χ2n) is 5.15. The number of anilines is 1. The first-order chi connectivity index (χ1) is 11.8. The zero-order valence-electron chi connectivity index (χ0n) is 12.5. The lowest BCUT2D eigenvalue weighted by Gasteiger charge is -1.97. The standard InChI is InChI=1S/C18H13FN4O/c19-14-6-2-1-5-13(14)17-10-9-12(24-17)11-20-23-18-21-15-7-3-4-8-16(15)22-18/h1-11H,(H2,21,22,23)/b20-11-. The Morgan fingerprint density at radius 1 is 1.04 bits per heavy atom. The first-order valence-electron chi connectivity index (χ1n) is 7.38. The second kappa shape index (κ2) is 6.00. The normalized spacial score (nSPS) is 11.4. The molecule has 24 heavy (non-hydrogen) atoms. The minimum atomic E-state index is -0.323. The summed E-state index contributed by atoms with van der Waals surface area (Å²) in [5.41, 5.74) is 5.01. The highest BCUT2D eigenvalue weighted by Crippen LogP contribution is 2.24. The van der Waals surface area contributed by atoms with E-state index in [2.05, 4.69) is 20.5 Å². The molecule has 0 radical (unpaired) electrons. The van der Waals surface area contributed by atoms with Crippen LogP contribution in [0, 0.1) is 5.82 Å². The van der Waals surface area contributed by atoms with Crippen LogP contribution in [0.2, 0.25) is 0 Å². The molecule has 4 rings (SSSR count). The van der Waals surface area contributed by atoms with Crippen molar-refractivity contribution in [2.75, 3.05) is 5.43 Å². The largest absolute Gasteiger partial charge is 0.455 e. The quantitative estimate of drug-likeness (QED) is 0.432. The van der Waals surface area contributed by atoms with Crippen molar-refractivity contribution in [3.05, 3.63) is 72.2 Å². The van der Waals surface area contributed by atoms with E-state index < -0.39 is 0 Å². The highest BCUT2D eigenvalue weighted by molar-refractivity contribution is 5.79. The number of hydrogen-bond acceptors (Lipinski definition) is 4. The maximum Gasteiger partial charge on any atom is 0.222 e. The molecule has 0 unspecified atom stereocenters. The van der Waals surface area contributed by atoms with Gasteiger partial charge < -0.3 is 9.40 Å². The van der Waals surface area contributed by atoms with Crippen LogP contribution < -0.4 is 5.43 Å². The summed E-state index contributed by atoms with van der Waals surface area (Å²) in [6.45, 7) is 0. The SMILES string of the molecule is Fc1ccccc1-c1ccc(/C=N\Nc2nc3ccccc3[nH]2)o1. The maximum atomic E-state index is 13.7. The number of aromatic nitrogens is 2. The van der Waals surface area contributed by atoms with Crippen LogP contribution in [0.15, 0.2) is 70.2 Å². The summed E-state index contributed by atoms with van der Waals surface area (Å²) in [4.78, 5) is 7.45. The van der Waals surface area contributed by atoms with Gasteiger partial charge in [-0.25, -0.2) is 14.8 Å². The van der Waals surface area contributed by atoms with Crippen molar-refractivity contribution < 1.29 is 8.81 Å². The molecule has 0 saturated carbocycles. The molecule has 4 aromatic rings. The number of furan rings is 1. The number of aromatic amines is 1. The predicted molar refractivity (Wildman–Crippen MR) is 91.4 cm³/mol. The lowest BCUT2D eigenvalue weighted by Crippen LogP contribution is -1.91. The van der Waals surface area contributed by atoms with E-state index >= 15 is 0 Å². The van der Waals surface area contributed by atoms with Crippen molar-refractivity contribution in [3.63, 3.8) is 0 Å². The number of nitrogens with zero attached hydrogens (tertiary/aromatic N) is 2. The third-order valence-electron chi connectivity index (χ3n) is 3.52. The van der Waals surface area contributed by atoms with Crippen LogP contribution in [0.5, 0.6) is 0 Å². The predicted octanol–water partition coefficient (Wildman–Crippen LogP) is 4.41. The highest BCUT2D eigenvalue weighted by Gasteiger charge is 2.08. The Morgan fingerprint density at radius 3 is 2.75 bits per heavy atom. The Bertz CT molecular complexity index is 985. The number of hydrogen-bond donors (Lipinski definition) is 2. The molecular formula is C18H13FN4O. The molecule has 0 bridgehead atoms. The molecule has 0 aliphatic heterocycles. The van der Waals surface area contributed by atoms with E-state index in [1.165, 1.54) is 12.3 Å². The van der Waals surface area contributed by atoms with Crippen LogP contribution in [-0.4, -0.2) is 16.2 Å². The molecule has 0 spiro atoms. The number of benzene rings is 2. The van der Waals surface area contributed by atoms with Crippen LogP contribution in [0.25, 0.3) is 22.4 Å². The number of hydrazone groups is 1. The van der Waals surface area contributed by atoms with Gasteiger partial charge in [-0.05, 0) is 36.4 Å². The molecule has 2 aromatic heterocycles. The van der Waals surface area contributed by atoms with Crippen molar-refractivity contribution in [3.8, 4) is 11.3 Å². The van der Waals surface area contributed by atoms with Gasteiger partial charge in [-0.15, -0.1) is 0 Å². The molecule has 0 aliphatic carbocycles. The maximum absolute atomic E-state index is 13.7. The van der Waals surface area contributed by atoms with Gasteiger partial charge in [0.25, 0.3) is 0 Å². The van der Waals surface area contributed by atoms with E-state index in [4.69, 9.17) is 4.42 Å². The summed E-state index contributed by atoms with van der Waals surface area (Å²) < 4.78 is 19.3. The number of rotatable bonds is 4. The van der Waals surface area contributed by atoms with Gasteiger partial charge in [-0.3, -0.25) is 0 Å². The smallest absolute Gasteiger partial charge is 0.222 e. The number of nitrogens with one attached hydrogen (secondary N) is 2. The van der Waals surface area contributed by atoms with Gasteiger partial charge in [0.05, 0.1) is 22.8 Å². The zero-order valence-corrected chi connectivity index (χ0v) is 12.5. The number of halogens is 1. The Hall–Kier alpha value is -3.41. The third kappa shape index (κ3) is 2.77. The van der Waals surface area contributed by atoms with Crippen LogP contribution >= 0.6 is 0 Å². The van der Waals surface area contributed by atoms with E-state index in [0.29, 0.717) is 23.0 Å². The number of fused-ring (bicyclic) bond motifs is 1. The molecule has 6 heteroatoms. The van der Waals surface area contributed by atoms with E-state index in [-0.39, 0.29) is 5.82 Å². The summed E-state index contributed by atoms with van der Waals surface area (Å²) in [6, 6.07) is 17.6. The Kier molecular flexibility index (Phi) is 3.55. The van der Waals surface area contributed by atoms with Gasteiger partial charge in [-0.2, -0.15) is 5.10 Å². The van der Waals surface area contributed by atoms with Crippen molar-refractivity contribution in [2.45, 2.75) is 0 Å². The van der Waals surface area contributed by atoms with Gasteiger partial charge in [0.1, 0.15) is 17.3 Å². The Balaban J connectivity index is 1.49. The van der Waals surface area contributed by atoms with Crippen molar-refractivity contribution in [2.24, 2.45) is 5.10 Å². The van der Waals surface area contributed by atoms with Crippen molar-refractivity contribution in [1.29, 1.82) is 0 Å². The average molecular weight is 320 g/mol. The molecule has 5 nitrogen and oxygen atoms in total. The topological polar surface area (TPSA) is 66.2 Å². The summed E-state index contributed by atoms with van der Waals surface area (Å²) in [6.07, 6.45) is 1.51. The molecule has 2 heterocycles. The summed E-state index contributed by atoms with van der Waals surface area (Å²) in [5, 5.41) is 4.08. The molecule has 118 valence electrons. The first-order valence-corrected chi connectivity index (χ1v) is 7.38. The van der Waals surface area contributed by atoms with Crippen LogP contribution in [-0.2, 0) is 0 Å². The molecule has 0 saturated heterocycles. The van der Waals surface area contributed by atoms with Gasteiger partial charge in [0, 0.05) is 0 Å². The Labute approximate surface area is 136 Å². The van der Waals surface area contributed by atoms with Gasteiger partial charge in [0.2, 0.25) is 5.95 Å². The fourth-order valence-electron chi connectivity index (χ4n) is 2.39. The van der Waals surface area contributed by atoms with E-state index in [1.807, 2.05) is 24.3 Å². The summed E-state index contributed by atoms with van der Waals surface area (Å²) >= 11 is 0. The van der Waals surface area contributed by atoms with E-state index in [1.54, 1.807) is 30.3 Å². The first kappa shape index (κ1) is 14.2. The number of H-pyrrole nitrogens is 1. The summed E-state index contributed by atoms with van der Waals surface area (Å²) in [7, 11) is 0. The lowest BCUT2D eigenvalue weighted by molar-refractivity contribution is 0.563. The highest BCUT2D eigenvalue weighted by atomic mass is 19.1. The molecule has 2 N–H and O–H groups in total. The Morgan fingerprint density at radius 2 is 1.88 bits per heavy atom. The van der Waals surface area contributed by atoms with Crippen LogP contribution in [0.4, 0.5) is 10.3 Å². The summed E-state index contributed by atoms with van der Waals surface area (Å²) in [5.74, 6) is 1.18. The zero-order chi connectivity index (χ0) is 16.4. The minimum Gasteiger partial charge on any atom is -0.455 e.